The predicted molar refractivity (Wildman–Crippen MR) is 78.0 cm³/mol. The average Bonchev–Trinajstić information content (AvgIpc) is 2.71. The Morgan fingerprint density at radius 2 is 1.80 bits per heavy atom. The van der Waals surface area contributed by atoms with E-state index in [1.807, 2.05) is 0 Å². The van der Waals surface area contributed by atoms with Gasteiger partial charge in [0, 0.05) is 16.2 Å². The molecule has 6 nitrogen and oxygen atoms in total. The molecule has 0 aliphatic carbocycles. The molecule has 0 radical (unpaired) electrons. The third-order valence-electron chi connectivity index (χ3n) is 2.88. The average molecular weight is 361 g/mol. The van der Waals surface area contributed by atoms with Gasteiger partial charge in [-0.05, 0) is 30.7 Å². The summed E-state index contributed by atoms with van der Waals surface area (Å²) >= 11 is 3.26. The molecule has 0 spiro atoms. The van der Waals surface area contributed by atoms with Gasteiger partial charge in [-0.3, -0.25) is 9.59 Å². The van der Waals surface area contributed by atoms with Crippen LogP contribution in [0, 0.1) is 0 Å². The van der Waals surface area contributed by atoms with E-state index in [0.717, 1.165) is 4.47 Å². The fraction of sp³-hybridized carbons (Fsp3) is 0.333. The van der Waals surface area contributed by atoms with Crippen molar-refractivity contribution in [2.24, 2.45) is 0 Å². The molecule has 1 saturated heterocycles. The number of halogens is 1. The smallest absolute Gasteiger partial charge is 0.313 e. The highest BCUT2D eigenvalue weighted by atomic mass is 79.9. The first-order valence-electron chi connectivity index (χ1n) is 5.93. The summed E-state index contributed by atoms with van der Waals surface area (Å²) < 4.78 is 23.4. The summed E-state index contributed by atoms with van der Waals surface area (Å²) in [6.07, 6.45) is 0.347. The Bertz CT molecular complexity index is 627. The molecule has 2 N–H and O–H groups in total. The van der Waals surface area contributed by atoms with Crippen LogP contribution in [0.2, 0.25) is 0 Å². The quantitative estimate of drug-likeness (QED) is 0.759. The first-order chi connectivity index (χ1) is 9.35. The Kier molecular flexibility index (Phi) is 4.44. The third kappa shape index (κ3) is 4.04. The summed E-state index contributed by atoms with van der Waals surface area (Å²) in [6.45, 7) is 0. The molecule has 0 aromatic heterocycles. The standard InChI is InChI=1S/C12H13BrN2O4S/c13-8-1-3-9(4-2-8)14-11(16)12(17)15-10-5-6-20(18,19)7-10/h1-4,10H,5-7H2,(H,14,16)(H,15,17). The van der Waals surface area contributed by atoms with Gasteiger partial charge in [-0.2, -0.15) is 0 Å². The van der Waals surface area contributed by atoms with Gasteiger partial charge >= 0.3 is 11.8 Å². The lowest BCUT2D eigenvalue weighted by Gasteiger charge is -2.10. The molecule has 2 rings (SSSR count). The van der Waals surface area contributed by atoms with Crippen LogP contribution in [-0.2, 0) is 19.4 Å². The Hall–Kier alpha value is -1.41. The van der Waals surface area contributed by atoms with E-state index in [9.17, 15) is 18.0 Å². The number of hydrogen-bond donors (Lipinski definition) is 2. The molecule has 1 aliphatic heterocycles. The van der Waals surface area contributed by atoms with Crippen molar-refractivity contribution >= 4 is 43.3 Å². The fourth-order valence-electron chi connectivity index (χ4n) is 1.88. The van der Waals surface area contributed by atoms with Crippen molar-refractivity contribution in [2.75, 3.05) is 16.8 Å². The van der Waals surface area contributed by atoms with Crippen LogP contribution in [0.4, 0.5) is 5.69 Å². The third-order valence-corrected chi connectivity index (χ3v) is 5.17. The monoisotopic (exact) mass is 360 g/mol. The van der Waals surface area contributed by atoms with Crippen molar-refractivity contribution in [1.29, 1.82) is 0 Å². The Morgan fingerprint density at radius 3 is 2.35 bits per heavy atom. The van der Waals surface area contributed by atoms with E-state index in [1.165, 1.54) is 0 Å². The molecule has 20 heavy (non-hydrogen) atoms. The highest BCUT2D eigenvalue weighted by molar-refractivity contribution is 9.10. The van der Waals surface area contributed by atoms with E-state index >= 15 is 0 Å². The number of nitrogens with one attached hydrogen (secondary N) is 2. The molecule has 1 heterocycles. The SMILES string of the molecule is O=C(Nc1ccc(Br)cc1)C(=O)NC1CCS(=O)(=O)C1. The summed E-state index contributed by atoms with van der Waals surface area (Å²) in [5.74, 6) is -1.69. The van der Waals surface area contributed by atoms with E-state index in [0.29, 0.717) is 12.1 Å². The van der Waals surface area contributed by atoms with Crippen LogP contribution >= 0.6 is 15.9 Å². The van der Waals surface area contributed by atoms with Crippen LogP contribution in [0.15, 0.2) is 28.7 Å². The molecular formula is C12H13BrN2O4S. The van der Waals surface area contributed by atoms with Crippen molar-refractivity contribution < 1.29 is 18.0 Å². The fourth-order valence-corrected chi connectivity index (χ4v) is 3.82. The lowest BCUT2D eigenvalue weighted by atomic mass is 10.2. The Balaban J connectivity index is 1.89. The topological polar surface area (TPSA) is 92.3 Å². The van der Waals surface area contributed by atoms with Crippen molar-refractivity contribution in [3.8, 4) is 0 Å². The normalized spacial score (nSPS) is 20.4. The summed E-state index contributed by atoms with van der Waals surface area (Å²) in [4.78, 5) is 23.3. The van der Waals surface area contributed by atoms with Gasteiger partial charge in [0.1, 0.15) is 0 Å². The van der Waals surface area contributed by atoms with E-state index in [1.54, 1.807) is 24.3 Å². The molecular weight excluding hydrogens is 348 g/mol. The molecule has 8 heteroatoms. The zero-order chi connectivity index (χ0) is 14.8. The molecule has 2 amide bonds. The second kappa shape index (κ2) is 5.92. The Labute approximate surface area is 125 Å². The van der Waals surface area contributed by atoms with Crippen LogP contribution < -0.4 is 10.6 Å². The summed E-state index contributed by atoms with van der Waals surface area (Å²) in [7, 11) is -3.08. The van der Waals surface area contributed by atoms with E-state index in [4.69, 9.17) is 0 Å². The zero-order valence-electron chi connectivity index (χ0n) is 10.4. The van der Waals surface area contributed by atoms with Crippen LogP contribution in [0.5, 0.6) is 0 Å². The minimum Gasteiger partial charge on any atom is -0.344 e. The van der Waals surface area contributed by atoms with E-state index < -0.39 is 27.7 Å². The van der Waals surface area contributed by atoms with E-state index in [2.05, 4.69) is 26.6 Å². The van der Waals surface area contributed by atoms with Crippen molar-refractivity contribution in [3.63, 3.8) is 0 Å². The van der Waals surface area contributed by atoms with Gasteiger partial charge in [-0.15, -0.1) is 0 Å². The van der Waals surface area contributed by atoms with E-state index in [-0.39, 0.29) is 11.5 Å². The number of rotatable bonds is 2. The Morgan fingerprint density at radius 1 is 1.15 bits per heavy atom. The summed E-state index contributed by atoms with van der Waals surface area (Å²) in [6, 6.07) is 6.28. The number of carbonyl (C=O) groups is 2. The van der Waals surface area contributed by atoms with Gasteiger partial charge < -0.3 is 10.6 Å². The van der Waals surface area contributed by atoms with Gasteiger partial charge in [-0.25, -0.2) is 8.42 Å². The van der Waals surface area contributed by atoms with Gasteiger partial charge in [0.05, 0.1) is 11.5 Å². The van der Waals surface area contributed by atoms with Gasteiger partial charge in [0.15, 0.2) is 9.84 Å². The molecule has 1 aromatic carbocycles. The van der Waals surface area contributed by atoms with Crippen molar-refractivity contribution in [3.05, 3.63) is 28.7 Å². The van der Waals surface area contributed by atoms with Crippen LogP contribution in [0.25, 0.3) is 0 Å². The lowest BCUT2D eigenvalue weighted by Crippen LogP contribution is -2.42. The van der Waals surface area contributed by atoms with Gasteiger partial charge in [0.2, 0.25) is 0 Å². The lowest BCUT2D eigenvalue weighted by molar-refractivity contribution is -0.136. The number of carbonyl (C=O) groups excluding carboxylic acids is 2. The molecule has 0 saturated carbocycles. The maximum atomic E-state index is 11.7. The number of sulfone groups is 1. The predicted octanol–water partition coefficient (Wildman–Crippen LogP) is 0.691. The van der Waals surface area contributed by atoms with Crippen LogP contribution in [-0.4, -0.2) is 37.8 Å². The van der Waals surface area contributed by atoms with Crippen molar-refractivity contribution in [2.45, 2.75) is 12.5 Å². The molecule has 1 aliphatic rings. The minimum atomic E-state index is -3.08. The number of benzene rings is 1. The number of hydrogen-bond acceptors (Lipinski definition) is 4. The highest BCUT2D eigenvalue weighted by Crippen LogP contribution is 2.14. The molecule has 1 aromatic rings. The second-order valence-electron chi connectivity index (χ2n) is 4.53. The molecule has 1 atom stereocenters. The van der Waals surface area contributed by atoms with Crippen molar-refractivity contribution in [1.82, 2.24) is 5.32 Å². The first kappa shape index (κ1) is 15.0. The molecule has 108 valence electrons. The summed E-state index contributed by atoms with van der Waals surface area (Å²) in [5, 5.41) is 4.87. The minimum absolute atomic E-state index is 0.0479. The van der Waals surface area contributed by atoms with Crippen LogP contribution in [0.3, 0.4) is 0 Å². The van der Waals surface area contributed by atoms with Crippen LogP contribution in [0.1, 0.15) is 6.42 Å². The summed E-state index contributed by atoms with van der Waals surface area (Å²) in [5.41, 5.74) is 0.493. The zero-order valence-corrected chi connectivity index (χ0v) is 12.8. The maximum absolute atomic E-state index is 11.7. The highest BCUT2D eigenvalue weighted by Gasteiger charge is 2.30. The molecule has 1 fully saturated rings. The maximum Gasteiger partial charge on any atom is 0.313 e. The van der Waals surface area contributed by atoms with Gasteiger partial charge in [-0.1, -0.05) is 15.9 Å². The van der Waals surface area contributed by atoms with Gasteiger partial charge in [0.25, 0.3) is 0 Å². The largest absolute Gasteiger partial charge is 0.344 e. The second-order valence-corrected chi connectivity index (χ2v) is 7.68. The number of anilines is 1. The first-order valence-corrected chi connectivity index (χ1v) is 8.55. The number of amides is 2. The molecule has 1 unspecified atom stereocenters. The molecule has 0 bridgehead atoms.